The van der Waals surface area contributed by atoms with Gasteiger partial charge in [-0.2, -0.15) is 0 Å². The zero-order valence-corrected chi connectivity index (χ0v) is 60.7. The van der Waals surface area contributed by atoms with Gasteiger partial charge in [-0.15, -0.1) is 0 Å². The van der Waals surface area contributed by atoms with E-state index in [2.05, 4.69) is 45.1 Å². The Hall–Kier alpha value is -2.56. The molecule has 0 aromatic carbocycles. The molecule has 25 heteroatoms. The van der Waals surface area contributed by atoms with E-state index >= 15 is 0 Å². The van der Waals surface area contributed by atoms with Crippen LogP contribution in [-0.4, -0.2) is 204 Å². The summed E-state index contributed by atoms with van der Waals surface area (Å²) in [5, 5.41) is 110. The lowest BCUT2D eigenvalue weighted by Crippen LogP contribution is -2.69. The molecule has 1 saturated carbocycles. The van der Waals surface area contributed by atoms with Crippen LogP contribution in [-0.2, 0) is 61.2 Å². The Kier molecular flexibility index (Phi) is 50.3. The molecule has 3 fully saturated rings. The van der Waals surface area contributed by atoms with Crippen LogP contribution in [0, 0.1) is 0 Å². The van der Waals surface area contributed by atoms with Gasteiger partial charge in [0.1, 0.15) is 98.7 Å². The molecular formula is C73H133O24P. The fraction of sp³-hybridized carbons (Fsp3) is 0.904. The lowest BCUT2D eigenvalue weighted by Gasteiger charge is -2.49. The Morgan fingerprint density at radius 3 is 1.12 bits per heavy atom. The Morgan fingerprint density at radius 2 is 0.714 bits per heavy atom. The molecule has 3 aliphatic rings. The van der Waals surface area contributed by atoms with Crippen molar-refractivity contribution in [2.75, 3.05) is 26.4 Å². The predicted molar refractivity (Wildman–Crippen MR) is 370 cm³/mol. The summed E-state index contributed by atoms with van der Waals surface area (Å²) < 4.78 is 65.0. The molecule has 0 amide bonds. The molecule has 18 atom stereocenters. The van der Waals surface area contributed by atoms with Crippen LogP contribution in [0.5, 0.6) is 0 Å². The van der Waals surface area contributed by atoms with Crippen molar-refractivity contribution < 1.29 is 117 Å². The van der Waals surface area contributed by atoms with E-state index in [9.17, 15) is 74.9 Å². The van der Waals surface area contributed by atoms with Crippen LogP contribution in [0.3, 0.4) is 0 Å². The van der Waals surface area contributed by atoms with E-state index in [1.54, 1.807) is 0 Å². The molecule has 0 spiro atoms. The number of allylic oxidation sites excluding steroid dienone is 4. The molecule has 0 bridgehead atoms. The molecule has 11 N–H and O–H groups in total. The van der Waals surface area contributed by atoms with Crippen LogP contribution in [0.1, 0.15) is 290 Å². The Morgan fingerprint density at radius 1 is 0.388 bits per heavy atom. The molecule has 18 unspecified atom stereocenters. The first-order valence-electron chi connectivity index (χ1n) is 38.1. The number of unbranched alkanes of at least 4 members (excludes halogenated alkanes) is 34. The fourth-order valence-electron chi connectivity index (χ4n) is 12.5. The van der Waals surface area contributed by atoms with Gasteiger partial charge in [0, 0.05) is 19.3 Å². The number of aliphatic hydroxyl groups is 10. The largest absolute Gasteiger partial charge is 0.472 e. The van der Waals surface area contributed by atoms with Crippen LogP contribution >= 0.6 is 7.82 Å². The Bertz CT molecular complexity index is 2120. The number of hydrogen-bond donors (Lipinski definition) is 11. The summed E-state index contributed by atoms with van der Waals surface area (Å²) in [5.74, 6) is -2.01. The molecule has 24 nitrogen and oxygen atoms in total. The van der Waals surface area contributed by atoms with Crippen molar-refractivity contribution >= 4 is 25.7 Å². The lowest BCUT2D eigenvalue weighted by molar-refractivity contribution is -0.360. The summed E-state index contributed by atoms with van der Waals surface area (Å²) in [6.45, 7) is 3.42. The van der Waals surface area contributed by atoms with E-state index in [-0.39, 0.29) is 19.3 Å². The summed E-state index contributed by atoms with van der Waals surface area (Å²) in [6, 6.07) is 0. The highest BCUT2D eigenvalue weighted by Gasteiger charge is 2.58. The number of rotatable bonds is 59. The van der Waals surface area contributed by atoms with Crippen molar-refractivity contribution in [1.29, 1.82) is 0 Å². The maximum Gasteiger partial charge on any atom is 0.472 e. The van der Waals surface area contributed by atoms with Gasteiger partial charge in [-0.1, -0.05) is 225 Å². The first-order chi connectivity index (χ1) is 47.3. The quantitative estimate of drug-likeness (QED) is 0.00886. The zero-order valence-electron chi connectivity index (χ0n) is 59.8. The van der Waals surface area contributed by atoms with E-state index in [4.69, 9.17) is 42.2 Å². The van der Waals surface area contributed by atoms with Crippen LogP contribution in [0.2, 0.25) is 0 Å². The highest BCUT2D eigenvalue weighted by Crippen LogP contribution is 2.49. The van der Waals surface area contributed by atoms with Gasteiger partial charge in [0.05, 0.1) is 13.2 Å². The molecule has 0 aromatic heterocycles. The average molecular weight is 1430 g/mol. The van der Waals surface area contributed by atoms with E-state index in [1.165, 1.54) is 116 Å². The van der Waals surface area contributed by atoms with Crippen molar-refractivity contribution in [3.05, 3.63) is 24.3 Å². The van der Waals surface area contributed by atoms with E-state index in [1.807, 2.05) is 0 Å². The van der Waals surface area contributed by atoms with E-state index in [0.29, 0.717) is 19.3 Å². The van der Waals surface area contributed by atoms with Gasteiger partial charge >= 0.3 is 25.7 Å². The summed E-state index contributed by atoms with van der Waals surface area (Å²) in [7, 11) is -5.70. The number of ether oxygens (including phenoxy) is 7. The van der Waals surface area contributed by atoms with Gasteiger partial charge in [0.15, 0.2) is 18.7 Å². The average Bonchev–Trinajstić information content (AvgIpc) is 0.761. The molecule has 2 heterocycles. The van der Waals surface area contributed by atoms with Crippen molar-refractivity contribution in [3.8, 4) is 0 Å². The summed E-state index contributed by atoms with van der Waals surface area (Å²) in [5.41, 5.74) is 0. The monoisotopic (exact) mass is 1420 g/mol. The maximum atomic E-state index is 14.3. The fourth-order valence-corrected chi connectivity index (χ4v) is 13.4. The Balaban J connectivity index is 1.73. The molecule has 98 heavy (non-hydrogen) atoms. The molecule has 3 rings (SSSR count). The van der Waals surface area contributed by atoms with Gasteiger partial charge in [-0.25, -0.2) is 4.57 Å². The van der Waals surface area contributed by atoms with Gasteiger partial charge in [-0.05, 0) is 70.6 Å². The second-order valence-electron chi connectivity index (χ2n) is 27.4. The number of phosphoric acid groups is 1. The van der Waals surface area contributed by atoms with Crippen LogP contribution in [0.15, 0.2) is 24.3 Å². The van der Waals surface area contributed by atoms with Gasteiger partial charge < -0.3 is 89.1 Å². The molecule has 2 saturated heterocycles. The van der Waals surface area contributed by atoms with E-state index in [0.717, 1.165) is 116 Å². The third-order valence-electron chi connectivity index (χ3n) is 18.7. The van der Waals surface area contributed by atoms with Crippen molar-refractivity contribution in [2.45, 2.75) is 395 Å². The molecule has 1 aliphatic carbocycles. The van der Waals surface area contributed by atoms with Crippen LogP contribution in [0.4, 0.5) is 0 Å². The van der Waals surface area contributed by atoms with Crippen molar-refractivity contribution in [2.24, 2.45) is 0 Å². The Labute approximate surface area is 585 Å². The number of carbonyl (C=O) groups is 3. The zero-order chi connectivity index (χ0) is 71.8. The third kappa shape index (κ3) is 37.7. The standard InChI is InChI=1S/C73H133O24P/c1-4-7-10-13-16-19-22-25-27-30-33-36-39-42-45-48-58(76)90-53-56-61(79)63(81)68(86)73(94-56)96-70-66(84)64(82)65(83)69(95-72-67(85)62(80)60(78)55(50-74)93-72)71(70)97-98(87,88)91-52-54(51-89-57(75)47-44-41-38-35-32-29-24-21-18-15-12-9-6-3)92-59(77)49-46-43-40-37-34-31-28-26-23-20-17-14-11-8-5-2/h19,22,29,32,54-56,60-74,78-86H,4-18,20-21,23-28,30-31,33-53H2,1-3H3,(H,87,88)/b22-19-,32-29-. The van der Waals surface area contributed by atoms with Crippen molar-refractivity contribution in [1.82, 2.24) is 0 Å². The highest BCUT2D eigenvalue weighted by atomic mass is 31.2. The molecule has 574 valence electrons. The summed E-state index contributed by atoms with van der Waals surface area (Å²) >= 11 is 0. The van der Waals surface area contributed by atoms with Gasteiger partial charge in [0.25, 0.3) is 0 Å². The number of aliphatic hydroxyl groups excluding tert-OH is 10. The van der Waals surface area contributed by atoms with Gasteiger partial charge in [-0.3, -0.25) is 23.4 Å². The normalized spacial score (nSPS) is 27.7. The number of esters is 3. The topological polar surface area (TPSA) is 374 Å². The second kappa shape index (κ2) is 55.0. The lowest BCUT2D eigenvalue weighted by atomic mass is 9.84. The summed E-state index contributed by atoms with van der Waals surface area (Å²) in [6.07, 6.45) is 15.2. The number of phosphoric ester groups is 1. The maximum absolute atomic E-state index is 14.3. The van der Waals surface area contributed by atoms with Crippen LogP contribution in [0.25, 0.3) is 0 Å². The van der Waals surface area contributed by atoms with Crippen molar-refractivity contribution in [3.63, 3.8) is 0 Å². The molecule has 0 aromatic rings. The SMILES string of the molecule is CCCCCC/C=C\CCCCCCCCCC(=O)OCC1OC(OC2C(O)C(O)C(O)C(OC3OC(CO)C(O)C(O)C3O)C2OP(=O)(O)OCC(COC(=O)CCCCC/C=C\CCCCCCCC)OC(=O)CCCCCCCCCCCCCCCCC)C(O)C(O)C1O. The number of hydrogen-bond acceptors (Lipinski definition) is 23. The summed E-state index contributed by atoms with van der Waals surface area (Å²) in [4.78, 5) is 51.0. The smallest absolute Gasteiger partial charge is 0.463 e. The van der Waals surface area contributed by atoms with Gasteiger partial charge in [0.2, 0.25) is 0 Å². The minimum Gasteiger partial charge on any atom is -0.463 e. The first kappa shape index (κ1) is 89.7. The highest BCUT2D eigenvalue weighted by molar-refractivity contribution is 7.47. The molecular weight excluding hydrogens is 1290 g/mol. The second-order valence-corrected chi connectivity index (χ2v) is 28.8. The number of carbonyl (C=O) groups excluding carboxylic acids is 3. The molecule has 2 aliphatic heterocycles. The minimum atomic E-state index is -5.70. The third-order valence-corrected chi connectivity index (χ3v) is 19.7. The minimum absolute atomic E-state index is 0.0232. The predicted octanol–water partition coefficient (Wildman–Crippen LogP) is 10.5. The molecule has 0 radical (unpaired) electrons. The van der Waals surface area contributed by atoms with Crippen LogP contribution < -0.4 is 0 Å². The van der Waals surface area contributed by atoms with E-state index < -0.39 is 156 Å². The first-order valence-corrected chi connectivity index (χ1v) is 39.6.